The Morgan fingerprint density at radius 1 is 1.11 bits per heavy atom. The Morgan fingerprint density at radius 2 is 1.71 bits per heavy atom. The molecule has 1 fully saturated rings. The molecule has 0 spiro atoms. The Morgan fingerprint density at radius 3 is 2.29 bits per heavy atom. The van der Waals surface area contributed by atoms with E-state index in [0.29, 0.717) is 5.06 Å². The van der Waals surface area contributed by atoms with Gasteiger partial charge in [0.05, 0.1) is 13.2 Å². The number of rotatable bonds is 7. The minimum absolute atomic E-state index is 0.0270. The normalized spacial score (nSPS) is 15.3. The number of amides is 3. The molecule has 3 amide bonds. The van der Waals surface area contributed by atoms with Crippen molar-refractivity contribution in [2.75, 3.05) is 6.61 Å². The molecule has 1 aliphatic rings. The highest BCUT2D eigenvalue weighted by atomic mass is 16.7. The number of benzene rings is 1. The molecule has 0 bridgehead atoms. The lowest BCUT2D eigenvalue weighted by Crippen LogP contribution is -2.49. The van der Waals surface area contributed by atoms with Gasteiger partial charge >= 0.3 is 12.1 Å². The number of carbonyl (C=O) groups excluding carboxylic acids is 4. The minimum Gasteiger partial charge on any atom is -0.444 e. The maximum absolute atomic E-state index is 12.4. The van der Waals surface area contributed by atoms with Crippen molar-refractivity contribution in [2.24, 2.45) is 0 Å². The topological polar surface area (TPSA) is 111 Å². The van der Waals surface area contributed by atoms with E-state index in [-0.39, 0.29) is 26.1 Å². The molecule has 28 heavy (non-hydrogen) atoms. The van der Waals surface area contributed by atoms with Crippen LogP contribution in [0.15, 0.2) is 30.3 Å². The van der Waals surface area contributed by atoms with Gasteiger partial charge in [0, 0.05) is 12.8 Å². The summed E-state index contributed by atoms with van der Waals surface area (Å²) in [5.41, 5.74) is 0.0985. The number of imide groups is 1. The van der Waals surface area contributed by atoms with Crippen molar-refractivity contribution >= 4 is 23.9 Å². The average Bonchev–Trinajstić information content (AvgIpc) is 2.92. The molecule has 1 aliphatic heterocycles. The monoisotopic (exact) mass is 392 g/mol. The lowest BCUT2D eigenvalue weighted by Gasteiger charge is -2.23. The predicted octanol–water partition coefficient (Wildman–Crippen LogP) is 1.70. The van der Waals surface area contributed by atoms with Gasteiger partial charge in [-0.15, -0.1) is 5.06 Å². The third-order valence-electron chi connectivity index (χ3n) is 3.56. The number of hydroxylamine groups is 2. The Balaban J connectivity index is 1.99. The van der Waals surface area contributed by atoms with E-state index in [1.54, 1.807) is 20.8 Å². The first-order chi connectivity index (χ1) is 13.2. The second-order valence-electron chi connectivity index (χ2n) is 7.19. The summed E-state index contributed by atoms with van der Waals surface area (Å²) >= 11 is 0. The molecule has 0 radical (unpaired) electrons. The predicted molar refractivity (Wildman–Crippen MR) is 96.4 cm³/mol. The number of carbonyl (C=O) groups is 4. The van der Waals surface area contributed by atoms with Crippen LogP contribution in [0.2, 0.25) is 0 Å². The first-order valence-corrected chi connectivity index (χ1v) is 8.84. The van der Waals surface area contributed by atoms with Crippen LogP contribution in [-0.2, 0) is 35.3 Å². The molecule has 1 heterocycles. The fourth-order valence-electron chi connectivity index (χ4n) is 2.30. The summed E-state index contributed by atoms with van der Waals surface area (Å²) in [4.78, 5) is 52.6. The lowest BCUT2D eigenvalue weighted by atomic mass is 10.2. The third-order valence-corrected chi connectivity index (χ3v) is 3.56. The number of hydrogen-bond acceptors (Lipinski definition) is 7. The number of hydrogen-bond donors (Lipinski definition) is 1. The molecule has 0 unspecified atom stereocenters. The van der Waals surface area contributed by atoms with Crippen LogP contribution in [0.25, 0.3) is 0 Å². The number of nitrogens with one attached hydrogen (secondary N) is 1. The smallest absolute Gasteiger partial charge is 0.408 e. The van der Waals surface area contributed by atoms with Crippen molar-refractivity contribution in [2.45, 2.75) is 51.9 Å². The maximum Gasteiger partial charge on any atom is 0.408 e. The van der Waals surface area contributed by atoms with Crippen molar-refractivity contribution < 1.29 is 33.5 Å². The van der Waals surface area contributed by atoms with Crippen LogP contribution in [-0.4, -0.2) is 47.2 Å². The molecule has 1 aromatic rings. The van der Waals surface area contributed by atoms with E-state index in [2.05, 4.69) is 5.32 Å². The van der Waals surface area contributed by atoms with E-state index >= 15 is 0 Å². The van der Waals surface area contributed by atoms with E-state index in [4.69, 9.17) is 14.3 Å². The molecule has 0 aromatic heterocycles. The highest BCUT2D eigenvalue weighted by molar-refractivity contribution is 6.01. The quantitative estimate of drug-likeness (QED) is 0.703. The zero-order valence-electron chi connectivity index (χ0n) is 16.1. The molecule has 9 nitrogen and oxygen atoms in total. The highest BCUT2D eigenvalue weighted by Crippen LogP contribution is 2.13. The van der Waals surface area contributed by atoms with Crippen molar-refractivity contribution in [1.29, 1.82) is 0 Å². The standard InChI is InChI=1S/C19H24N2O7/c1-19(2,3)27-18(25)20-14(12-26-11-13-7-5-4-6-8-13)17(24)28-21-15(22)9-10-16(21)23/h4-8,14H,9-12H2,1-3H3,(H,20,25)/t14-/m1/s1. The molecule has 9 heteroatoms. The summed E-state index contributed by atoms with van der Waals surface area (Å²) in [5, 5.41) is 2.77. The molecule has 2 rings (SSSR count). The molecule has 0 aliphatic carbocycles. The van der Waals surface area contributed by atoms with Crippen molar-refractivity contribution in [3.8, 4) is 0 Å². The van der Waals surface area contributed by atoms with Crippen LogP contribution in [0.5, 0.6) is 0 Å². The molecular weight excluding hydrogens is 368 g/mol. The summed E-state index contributed by atoms with van der Waals surface area (Å²) in [6.45, 7) is 4.99. The zero-order valence-corrected chi connectivity index (χ0v) is 16.1. The lowest BCUT2D eigenvalue weighted by molar-refractivity contribution is -0.199. The molecule has 0 saturated carbocycles. The van der Waals surface area contributed by atoms with Gasteiger partial charge in [0.25, 0.3) is 11.8 Å². The number of ether oxygens (including phenoxy) is 2. The Hall–Kier alpha value is -2.94. The third kappa shape index (κ3) is 6.66. The second-order valence-corrected chi connectivity index (χ2v) is 7.19. The second kappa shape index (κ2) is 9.32. The Bertz CT molecular complexity index is 712. The van der Waals surface area contributed by atoms with Crippen LogP contribution in [0.4, 0.5) is 4.79 Å². The van der Waals surface area contributed by atoms with Gasteiger partial charge in [0.15, 0.2) is 6.04 Å². The van der Waals surface area contributed by atoms with Crippen LogP contribution in [0.1, 0.15) is 39.2 Å². The summed E-state index contributed by atoms with van der Waals surface area (Å²) in [7, 11) is 0. The number of alkyl carbamates (subject to hydrolysis) is 1. The zero-order chi connectivity index (χ0) is 20.7. The first kappa shape index (κ1) is 21.4. The van der Waals surface area contributed by atoms with Crippen molar-refractivity contribution in [1.82, 2.24) is 10.4 Å². The van der Waals surface area contributed by atoms with E-state index < -0.39 is 35.5 Å². The molecule has 1 N–H and O–H groups in total. The molecular formula is C19H24N2O7. The fourth-order valence-corrected chi connectivity index (χ4v) is 2.30. The van der Waals surface area contributed by atoms with E-state index in [1.807, 2.05) is 30.3 Å². The number of nitrogens with zero attached hydrogens (tertiary/aromatic N) is 1. The summed E-state index contributed by atoms with van der Waals surface area (Å²) in [5.74, 6) is -2.22. The maximum atomic E-state index is 12.4. The van der Waals surface area contributed by atoms with Crippen molar-refractivity contribution in [3.63, 3.8) is 0 Å². The summed E-state index contributed by atoms with van der Waals surface area (Å²) in [6.07, 6.45) is -0.904. The SMILES string of the molecule is CC(C)(C)OC(=O)N[C@H](COCc1ccccc1)C(=O)ON1C(=O)CCC1=O. The van der Waals surface area contributed by atoms with Crippen molar-refractivity contribution in [3.05, 3.63) is 35.9 Å². The van der Waals surface area contributed by atoms with Gasteiger partial charge in [0.1, 0.15) is 5.60 Å². The molecule has 152 valence electrons. The van der Waals surface area contributed by atoms with Crippen LogP contribution < -0.4 is 5.32 Å². The summed E-state index contributed by atoms with van der Waals surface area (Å²) < 4.78 is 10.6. The molecule has 1 saturated heterocycles. The van der Waals surface area contributed by atoms with Crippen LogP contribution in [0.3, 0.4) is 0 Å². The largest absolute Gasteiger partial charge is 0.444 e. The highest BCUT2D eigenvalue weighted by Gasteiger charge is 2.36. The van der Waals surface area contributed by atoms with Gasteiger partial charge < -0.3 is 19.6 Å². The van der Waals surface area contributed by atoms with Gasteiger partial charge in [-0.25, -0.2) is 9.59 Å². The van der Waals surface area contributed by atoms with Gasteiger partial charge in [-0.1, -0.05) is 30.3 Å². The Kier molecular flexibility index (Phi) is 7.11. The fraction of sp³-hybridized carbons (Fsp3) is 0.474. The first-order valence-electron chi connectivity index (χ1n) is 8.84. The van der Waals surface area contributed by atoms with Crippen LogP contribution >= 0.6 is 0 Å². The summed E-state index contributed by atoms with van der Waals surface area (Å²) in [6, 6.07) is 7.96. The van der Waals surface area contributed by atoms with Gasteiger partial charge in [-0.05, 0) is 26.3 Å². The van der Waals surface area contributed by atoms with Gasteiger partial charge in [-0.2, -0.15) is 0 Å². The van der Waals surface area contributed by atoms with Gasteiger partial charge in [-0.3, -0.25) is 9.59 Å². The minimum atomic E-state index is -1.26. The van der Waals surface area contributed by atoms with E-state index in [1.165, 1.54) is 0 Å². The average molecular weight is 392 g/mol. The Labute approximate surface area is 162 Å². The molecule has 1 aromatic carbocycles. The van der Waals surface area contributed by atoms with Crippen LogP contribution in [0, 0.1) is 0 Å². The van der Waals surface area contributed by atoms with Gasteiger partial charge in [0.2, 0.25) is 0 Å². The van der Waals surface area contributed by atoms with E-state index in [9.17, 15) is 19.2 Å². The van der Waals surface area contributed by atoms with E-state index in [0.717, 1.165) is 5.56 Å². The molecule has 1 atom stereocenters.